The van der Waals surface area contributed by atoms with Gasteiger partial charge in [0.25, 0.3) is 0 Å². The summed E-state index contributed by atoms with van der Waals surface area (Å²) in [5.74, 6) is 1.12. The molecule has 1 atom stereocenters. The Kier molecular flexibility index (Phi) is 9.02. The Morgan fingerprint density at radius 2 is 1.58 bits per heavy atom. The van der Waals surface area contributed by atoms with E-state index in [9.17, 15) is 9.59 Å². The topological polar surface area (TPSA) is 55.9 Å². The minimum absolute atomic E-state index is 0. The van der Waals surface area contributed by atoms with E-state index >= 15 is 0 Å². The van der Waals surface area contributed by atoms with Gasteiger partial charge in [0.2, 0.25) is 11.8 Å². The molecular formula is C17H33ClN4O2. The van der Waals surface area contributed by atoms with Crippen molar-refractivity contribution in [2.24, 2.45) is 5.92 Å². The quantitative estimate of drug-likeness (QED) is 0.788. The first-order valence-electron chi connectivity index (χ1n) is 8.96. The number of nitrogens with zero attached hydrogens (tertiary/aromatic N) is 3. The van der Waals surface area contributed by atoms with Gasteiger partial charge in [-0.05, 0) is 58.8 Å². The number of rotatable bonds is 5. The third-order valence-corrected chi connectivity index (χ3v) is 5.39. The number of piperidine rings is 1. The van der Waals surface area contributed by atoms with E-state index in [0.29, 0.717) is 26.2 Å². The zero-order valence-corrected chi connectivity index (χ0v) is 16.1. The number of halogens is 1. The van der Waals surface area contributed by atoms with Gasteiger partial charge < -0.3 is 15.1 Å². The normalized spacial score (nSPS) is 21.3. The van der Waals surface area contributed by atoms with Crippen LogP contribution in [0.5, 0.6) is 0 Å². The molecule has 2 rings (SSSR count). The molecule has 0 radical (unpaired) electrons. The molecule has 2 saturated heterocycles. The third kappa shape index (κ3) is 5.60. The van der Waals surface area contributed by atoms with Crippen LogP contribution in [0.25, 0.3) is 0 Å². The molecule has 24 heavy (non-hydrogen) atoms. The number of piperazine rings is 1. The lowest BCUT2D eigenvalue weighted by Gasteiger charge is -2.40. The molecule has 6 nitrogen and oxygen atoms in total. The van der Waals surface area contributed by atoms with Crippen LogP contribution in [-0.2, 0) is 9.59 Å². The molecule has 2 amide bonds. The molecule has 2 aliphatic heterocycles. The molecule has 2 fully saturated rings. The summed E-state index contributed by atoms with van der Waals surface area (Å²) >= 11 is 0. The summed E-state index contributed by atoms with van der Waals surface area (Å²) in [5.41, 5.74) is 0. The van der Waals surface area contributed by atoms with E-state index in [1.54, 1.807) is 6.92 Å². The van der Waals surface area contributed by atoms with Gasteiger partial charge in [0.1, 0.15) is 0 Å². The second-order valence-electron chi connectivity index (χ2n) is 6.88. The summed E-state index contributed by atoms with van der Waals surface area (Å²) in [6, 6.07) is -0.0378. The highest BCUT2D eigenvalue weighted by atomic mass is 35.5. The largest absolute Gasteiger partial charge is 0.339 e. The average molecular weight is 361 g/mol. The van der Waals surface area contributed by atoms with Crippen molar-refractivity contribution in [3.8, 4) is 0 Å². The van der Waals surface area contributed by atoms with Gasteiger partial charge in [0.15, 0.2) is 0 Å². The Hall–Kier alpha value is -0.850. The molecule has 0 spiro atoms. The van der Waals surface area contributed by atoms with Crippen LogP contribution in [0, 0.1) is 5.92 Å². The minimum atomic E-state index is -0.0378. The molecule has 0 aromatic heterocycles. The molecule has 0 aliphatic carbocycles. The standard InChI is InChI=1S/C17H32N4O2.ClH/c1-14(19-8-5-16(6-9-19)4-7-18-3)17(23)21-12-10-20(11-13-21)15(2)22;/h14,16,18H,4-13H2,1-3H3;1H. The van der Waals surface area contributed by atoms with Crippen molar-refractivity contribution in [1.82, 2.24) is 20.0 Å². The molecule has 140 valence electrons. The van der Waals surface area contributed by atoms with Crippen molar-refractivity contribution in [2.75, 3.05) is 52.9 Å². The summed E-state index contributed by atoms with van der Waals surface area (Å²) in [6.07, 6.45) is 3.62. The molecule has 0 aromatic carbocycles. The first kappa shape index (κ1) is 21.2. The predicted octanol–water partition coefficient (Wildman–Crippen LogP) is 0.809. The smallest absolute Gasteiger partial charge is 0.239 e. The van der Waals surface area contributed by atoms with Crippen molar-refractivity contribution >= 4 is 24.2 Å². The zero-order valence-electron chi connectivity index (χ0n) is 15.3. The molecule has 7 heteroatoms. The number of hydrogen-bond acceptors (Lipinski definition) is 4. The first-order chi connectivity index (χ1) is 11.0. The van der Waals surface area contributed by atoms with E-state index in [4.69, 9.17) is 0 Å². The lowest BCUT2D eigenvalue weighted by Crippen LogP contribution is -2.55. The van der Waals surface area contributed by atoms with E-state index in [1.807, 2.05) is 23.8 Å². The van der Waals surface area contributed by atoms with Crippen LogP contribution in [0.1, 0.15) is 33.1 Å². The van der Waals surface area contributed by atoms with E-state index in [-0.39, 0.29) is 30.3 Å². The second kappa shape index (κ2) is 10.2. The highest BCUT2D eigenvalue weighted by Gasteiger charge is 2.31. The lowest BCUT2D eigenvalue weighted by molar-refractivity contribution is -0.142. The molecule has 1 N–H and O–H groups in total. The summed E-state index contributed by atoms with van der Waals surface area (Å²) in [4.78, 5) is 30.1. The van der Waals surface area contributed by atoms with Crippen LogP contribution in [-0.4, -0.2) is 85.4 Å². The summed E-state index contributed by atoms with van der Waals surface area (Å²) in [7, 11) is 2.00. The summed E-state index contributed by atoms with van der Waals surface area (Å²) in [5, 5.41) is 3.22. The number of likely N-dealkylation sites (tertiary alicyclic amines) is 1. The summed E-state index contributed by atoms with van der Waals surface area (Å²) < 4.78 is 0. The van der Waals surface area contributed by atoms with Crippen molar-refractivity contribution in [3.63, 3.8) is 0 Å². The maximum absolute atomic E-state index is 12.7. The van der Waals surface area contributed by atoms with Gasteiger partial charge in [0, 0.05) is 33.1 Å². The fourth-order valence-corrected chi connectivity index (χ4v) is 3.64. The monoisotopic (exact) mass is 360 g/mol. The van der Waals surface area contributed by atoms with Crippen molar-refractivity contribution < 1.29 is 9.59 Å². The molecule has 2 aliphatic rings. The van der Waals surface area contributed by atoms with Gasteiger partial charge in [-0.25, -0.2) is 0 Å². The van der Waals surface area contributed by atoms with Gasteiger partial charge >= 0.3 is 0 Å². The third-order valence-electron chi connectivity index (χ3n) is 5.39. The SMILES string of the molecule is CNCCC1CCN(C(C)C(=O)N2CCN(C(C)=O)CC2)CC1.Cl. The van der Waals surface area contributed by atoms with Gasteiger partial charge in [0.05, 0.1) is 6.04 Å². The Labute approximate surface area is 152 Å². The first-order valence-corrected chi connectivity index (χ1v) is 8.96. The van der Waals surface area contributed by atoms with E-state index in [2.05, 4.69) is 10.2 Å². The number of amides is 2. The van der Waals surface area contributed by atoms with Crippen LogP contribution >= 0.6 is 12.4 Å². The van der Waals surface area contributed by atoms with Crippen LogP contribution in [0.3, 0.4) is 0 Å². The number of carbonyl (C=O) groups is 2. The van der Waals surface area contributed by atoms with Gasteiger partial charge in [-0.1, -0.05) is 0 Å². The maximum atomic E-state index is 12.7. The fraction of sp³-hybridized carbons (Fsp3) is 0.882. The number of carbonyl (C=O) groups excluding carboxylic acids is 2. The van der Waals surface area contributed by atoms with Crippen LogP contribution in [0.15, 0.2) is 0 Å². The van der Waals surface area contributed by atoms with E-state index < -0.39 is 0 Å². The van der Waals surface area contributed by atoms with Crippen LogP contribution < -0.4 is 5.32 Å². The van der Waals surface area contributed by atoms with Crippen molar-refractivity contribution in [3.05, 3.63) is 0 Å². The van der Waals surface area contributed by atoms with E-state index in [1.165, 1.54) is 19.3 Å². The Morgan fingerprint density at radius 3 is 2.08 bits per heavy atom. The number of hydrogen-bond donors (Lipinski definition) is 1. The highest BCUT2D eigenvalue weighted by molar-refractivity contribution is 5.85. The molecule has 0 aromatic rings. The van der Waals surface area contributed by atoms with Crippen molar-refractivity contribution in [1.29, 1.82) is 0 Å². The van der Waals surface area contributed by atoms with Crippen molar-refractivity contribution in [2.45, 2.75) is 39.2 Å². The fourth-order valence-electron chi connectivity index (χ4n) is 3.64. The molecule has 0 bridgehead atoms. The van der Waals surface area contributed by atoms with Gasteiger partial charge in [-0.3, -0.25) is 14.5 Å². The molecular weight excluding hydrogens is 328 g/mol. The number of nitrogens with one attached hydrogen (secondary N) is 1. The Morgan fingerprint density at radius 1 is 1.04 bits per heavy atom. The van der Waals surface area contributed by atoms with Gasteiger partial charge in [-0.15, -0.1) is 12.4 Å². The maximum Gasteiger partial charge on any atom is 0.239 e. The lowest BCUT2D eigenvalue weighted by atomic mass is 9.92. The predicted molar refractivity (Wildman–Crippen MR) is 98.4 cm³/mol. The van der Waals surface area contributed by atoms with Crippen LogP contribution in [0.2, 0.25) is 0 Å². The zero-order chi connectivity index (χ0) is 16.8. The highest BCUT2D eigenvalue weighted by Crippen LogP contribution is 2.22. The Bertz CT molecular complexity index is 405. The van der Waals surface area contributed by atoms with E-state index in [0.717, 1.165) is 25.6 Å². The summed E-state index contributed by atoms with van der Waals surface area (Å²) in [6.45, 7) is 9.43. The molecule has 2 heterocycles. The van der Waals surface area contributed by atoms with Gasteiger partial charge in [-0.2, -0.15) is 0 Å². The Balaban J connectivity index is 0.00000288. The minimum Gasteiger partial charge on any atom is -0.339 e. The molecule has 1 unspecified atom stereocenters. The second-order valence-corrected chi connectivity index (χ2v) is 6.88. The molecule has 0 saturated carbocycles. The average Bonchev–Trinajstić information content (AvgIpc) is 2.59. The van der Waals surface area contributed by atoms with Crippen LogP contribution in [0.4, 0.5) is 0 Å².